The molecule has 1 N–H and O–H groups in total. The maximum absolute atomic E-state index is 3.45. The first kappa shape index (κ1) is 12.4. The monoisotopic (exact) mass is 224 g/mol. The standard InChI is InChI=1S/C14H28N2/c1-14(2,3)12-4-6-13(7-5-12)16-10-8-15-9-11-16/h12-13,15H,4-11H2,1-3H3/t12-,13-. The molecular weight excluding hydrogens is 196 g/mol. The Hall–Kier alpha value is -0.0800. The van der Waals surface area contributed by atoms with Gasteiger partial charge in [-0.2, -0.15) is 0 Å². The number of rotatable bonds is 1. The summed E-state index contributed by atoms with van der Waals surface area (Å²) < 4.78 is 0. The molecule has 2 aliphatic rings. The number of hydrogen-bond donors (Lipinski definition) is 1. The van der Waals surface area contributed by atoms with E-state index in [1.165, 1.54) is 51.9 Å². The molecular formula is C14H28N2. The van der Waals surface area contributed by atoms with Gasteiger partial charge in [0.1, 0.15) is 0 Å². The van der Waals surface area contributed by atoms with Crippen molar-refractivity contribution in [2.75, 3.05) is 26.2 Å². The molecule has 2 nitrogen and oxygen atoms in total. The Morgan fingerprint density at radius 3 is 2.00 bits per heavy atom. The van der Waals surface area contributed by atoms with Crippen LogP contribution in [0.5, 0.6) is 0 Å². The normalized spacial score (nSPS) is 33.9. The van der Waals surface area contributed by atoms with Crippen molar-refractivity contribution in [3.63, 3.8) is 0 Å². The highest BCUT2D eigenvalue weighted by Gasteiger charge is 2.32. The number of piperazine rings is 1. The molecule has 0 aromatic carbocycles. The summed E-state index contributed by atoms with van der Waals surface area (Å²) >= 11 is 0. The van der Waals surface area contributed by atoms with Gasteiger partial charge in [0, 0.05) is 32.2 Å². The minimum Gasteiger partial charge on any atom is -0.314 e. The largest absolute Gasteiger partial charge is 0.314 e. The summed E-state index contributed by atoms with van der Waals surface area (Å²) in [7, 11) is 0. The first-order valence-electron chi connectivity index (χ1n) is 7.02. The molecule has 2 rings (SSSR count). The minimum atomic E-state index is 0.522. The number of nitrogens with zero attached hydrogens (tertiary/aromatic N) is 1. The molecule has 94 valence electrons. The zero-order valence-corrected chi connectivity index (χ0v) is 11.3. The third kappa shape index (κ3) is 2.98. The lowest BCUT2D eigenvalue weighted by Gasteiger charge is -2.42. The van der Waals surface area contributed by atoms with Crippen molar-refractivity contribution in [1.29, 1.82) is 0 Å². The van der Waals surface area contributed by atoms with E-state index in [1.807, 2.05) is 0 Å². The second kappa shape index (κ2) is 5.05. The van der Waals surface area contributed by atoms with Crippen LogP contribution in [0, 0.1) is 11.3 Å². The maximum Gasteiger partial charge on any atom is 0.0110 e. The van der Waals surface area contributed by atoms with Crippen LogP contribution >= 0.6 is 0 Å². The van der Waals surface area contributed by atoms with Crippen LogP contribution in [0.1, 0.15) is 46.5 Å². The van der Waals surface area contributed by atoms with Crippen molar-refractivity contribution in [2.24, 2.45) is 11.3 Å². The first-order chi connectivity index (χ1) is 7.57. The fourth-order valence-corrected chi connectivity index (χ4v) is 3.35. The fourth-order valence-electron chi connectivity index (χ4n) is 3.35. The van der Waals surface area contributed by atoms with Crippen molar-refractivity contribution in [2.45, 2.75) is 52.5 Å². The van der Waals surface area contributed by atoms with E-state index < -0.39 is 0 Å². The molecule has 0 amide bonds. The molecule has 1 heterocycles. The Morgan fingerprint density at radius 1 is 0.938 bits per heavy atom. The van der Waals surface area contributed by atoms with Crippen LogP contribution in [0.25, 0.3) is 0 Å². The van der Waals surface area contributed by atoms with Gasteiger partial charge >= 0.3 is 0 Å². The molecule has 0 aromatic rings. The lowest BCUT2D eigenvalue weighted by molar-refractivity contribution is 0.0874. The molecule has 1 saturated carbocycles. The van der Waals surface area contributed by atoms with Crippen LogP contribution in [0.3, 0.4) is 0 Å². The smallest absolute Gasteiger partial charge is 0.0110 e. The number of hydrogen-bond acceptors (Lipinski definition) is 2. The summed E-state index contributed by atoms with van der Waals surface area (Å²) in [4.78, 5) is 2.72. The molecule has 1 aliphatic heterocycles. The van der Waals surface area contributed by atoms with Gasteiger partial charge in [-0.15, -0.1) is 0 Å². The molecule has 0 unspecified atom stereocenters. The lowest BCUT2D eigenvalue weighted by Crippen LogP contribution is -2.49. The highest BCUT2D eigenvalue weighted by molar-refractivity contribution is 4.86. The maximum atomic E-state index is 3.45. The van der Waals surface area contributed by atoms with Gasteiger partial charge in [0.25, 0.3) is 0 Å². The molecule has 16 heavy (non-hydrogen) atoms. The Labute approximate surface area is 101 Å². The zero-order valence-electron chi connectivity index (χ0n) is 11.3. The van der Waals surface area contributed by atoms with Crippen LogP contribution < -0.4 is 5.32 Å². The predicted molar refractivity (Wildman–Crippen MR) is 69.6 cm³/mol. The van der Waals surface area contributed by atoms with Gasteiger partial charge in [-0.3, -0.25) is 4.90 Å². The predicted octanol–water partition coefficient (Wildman–Crippen LogP) is 2.50. The minimum absolute atomic E-state index is 0.522. The van der Waals surface area contributed by atoms with Crippen LogP contribution in [0.4, 0.5) is 0 Å². The Bertz CT molecular complexity index is 205. The van der Waals surface area contributed by atoms with E-state index in [1.54, 1.807) is 0 Å². The lowest BCUT2D eigenvalue weighted by atomic mass is 9.71. The van der Waals surface area contributed by atoms with E-state index in [-0.39, 0.29) is 0 Å². The van der Waals surface area contributed by atoms with Gasteiger partial charge < -0.3 is 5.32 Å². The number of nitrogens with one attached hydrogen (secondary N) is 1. The topological polar surface area (TPSA) is 15.3 Å². The molecule has 1 aliphatic carbocycles. The van der Waals surface area contributed by atoms with Gasteiger partial charge in [0.2, 0.25) is 0 Å². The van der Waals surface area contributed by atoms with Crippen LogP contribution in [0.2, 0.25) is 0 Å². The summed E-state index contributed by atoms with van der Waals surface area (Å²) in [6, 6.07) is 0.890. The Balaban J connectivity index is 1.80. The average molecular weight is 224 g/mol. The summed E-state index contributed by atoms with van der Waals surface area (Å²) in [5.74, 6) is 0.951. The third-order valence-corrected chi connectivity index (χ3v) is 4.59. The van der Waals surface area contributed by atoms with E-state index in [9.17, 15) is 0 Å². The van der Waals surface area contributed by atoms with Crippen molar-refractivity contribution in [3.05, 3.63) is 0 Å². The van der Waals surface area contributed by atoms with E-state index >= 15 is 0 Å². The molecule has 0 atom stereocenters. The van der Waals surface area contributed by atoms with Crippen LogP contribution in [-0.4, -0.2) is 37.1 Å². The summed E-state index contributed by atoms with van der Waals surface area (Å²) in [6.45, 7) is 12.1. The van der Waals surface area contributed by atoms with E-state index in [4.69, 9.17) is 0 Å². The average Bonchev–Trinajstić information content (AvgIpc) is 2.29. The summed E-state index contributed by atoms with van der Waals surface area (Å²) in [5.41, 5.74) is 0.522. The quantitative estimate of drug-likeness (QED) is 0.736. The molecule has 2 fully saturated rings. The Kier molecular flexibility index (Phi) is 3.91. The molecule has 0 spiro atoms. The summed E-state index contributed by atoms with van der Waals surface area (Å²) in [6.07, 6.45) is 5.75. The van der Waals surface area contributed by atoms with Crippen molar-refractivity contribution in [1.82, 2.24) is 10.2 Å². The fraction of sp³-hybridized carbons (Fsp3) is 1.00. The van der Waals surface area contributed by atoms with Crippen LogP contribution in [-0.2, 0) is 0 Å². The summed E-state index contributed by atoms with van der Waals surface area (Å²) in [5, 5.41) is 3.45. The van der Waals surface area contributed by atoms with Gasteiger partial charge in [0.15, 0.2) is 0 Å². The van der Waals surface area contributed by atoms with Gasteiger partial charge in [-0.1, -0.05) is 20.8 Å². The third-order valence-electron chi connectivity index (χ3n) is 4.59. The second-order valence-corrected chi connectivity index (χ2v) is 6.66. The Morgan fingerprint density at radius 2 is 1.50 bits per heavy atom. The van der Waals surface area contributed by atoms with Crippen molar-refractivity contribution in [3.8, 4) is 0 Å². The van der Waals surface area contributed by atoms with Gasteiger partial charge in [0.05, 0.1) is 0 Å². The van der Waals surface area contributed by atoms with E-state index in [0.717, 1.165) is 12.0 Å². The molecule has 0 radical (unpaired) electrons. The molecule has 0 aromatic heterocycles. The zero-order chi connectivity index (χ0) is 11.6. The van der Waals surface area contributed by atoms with Crippen LogP contribution in [0.15, 0.2) is 0 Å². The van der Waals surface area contributed by atoms with Crippen molar-refractivity contribution < 1.29 is 0 Å². The van der Waals surface area contributed by atoms with E-state index in [2.05, 4.69) is 31.0 Å². The molecule has 0 bridgehead atoms. The SMILES string of the molecule is CC(C)(C)[C@H]1CC[C@H](N2CCNCC2)CC1. The molecule has 2 heteroatoms. The first-order valence-corrected chi connectivity index (χ1v) is 7.02. The van der Waals surface area contributed by atoms with Gasteiger partial charge in [-0.25, -0.2) is 0 Å². The highest BCUT2D eigenvalue weighted by Crippen LogP contribution is 2.38. The van der Waals surface area contributed by atoms with Crippen molar-refractivity contribution >= 4 is 0 Å². The molecule has 1 saturated heterocycles. The highest BCUT2D eigenvalue weighted by atomic mass is 15.2. The van der Waals surface area contributed by atoms with Gasteiger partial charge in [-0.05, 0) is 37.0 Å². The van der Waals surface area contributed by atoms with E-state index in [0.29, 0.717) is 5.41 Å². The second-order valence-electron chi connectivity index (χ2n) is 6.66.